The molecule has 1 aromatic carbocycles. The van der Waals surface area contributed by atoms with E-state index in [4.69, 9.17) is 0 Å². The van der Waals surface area contributed by atoms with Gasteiger partial charge in [-0.25, -0.2) is 0 Å². The third-order valence-electron chi connectivity index (χ3n) is 3.87. The van der Waals surface area contributed by atoms with E-state index in [1.54, 1.807) is 0 Å². The zero-order valence-corrected chi connectivity index (χ0v) is 12.3. The molecule has 1 atom stereocenters. The molecule has 94 valence electrons. The first kappa shape index (κ1) is 13.1. The summed E-state index contributed by atoms with van der Waals surface area (Å²) in [5.74, 6) is 0.923. The highest BCUT2D eigenvalue weighted by Gasteiger charge is 2.20. The molecule has 2 rings (SSSR count). The molecule has 1 saturated carbocycles. The molecule has 0 aliphatic heterocycles. The summed E-state index contributed by atoms with van der Waals surface area (Å²) in [5, 5.41) is 3.77. The second-order valence-corrected chi connectivity index (χ2v) is 6.22. The first-order valence-electron chi connectivity index (χ1n) is 6.67. The van der Waals surface area contributed by atoms with E-state index in [9.17, 15) is 0 Å². The van der Waals surface area contributed by atoms with E-state index in [-0.39, 0.29) is 0 Å². The summed E-state index contributed by atoms with van der Waals surface area (Å²) < 4.78 is 1.21. The fourth-order valence-corrected chi connectivity index (χ4v) is 3.32. The maximum absolute atomic E-state index is 3.77. The van der Waals surface area contributed by atoms with Crippen molar-refractivity contribution in [1.29, 1.82) is 0 Å². The molecule has 2 heteroatoms. The molecule has 0 amide bonds. The summed E-state index contributed by atoms with van der Waals surface area (Å²) >= 11 is 3.63. The average molecular weight is 296 g/mol. The largest absolute Gasteiger partial charge is 0.307 e. The quantitative estimate of drug-likeness (QED) is 0.854. The number of halogens is 1. The zero-order valence-electron chi connectivity index (χ0n) is 10.7. The van der Waals surface area contributed by atoms with Gasteiger partial charge in [-0.2, -0.15) is 0 Å². The molecular formula is C15H22BrN. The van der Waals surface area contributed by atoms with Crippen LogP contribution in [0, 0.1) is 5.92 Å². The maximum atomic E-state index is 3.77. The third kappa shape index (κ3) is 3.56. The summed E-state index contributed by atoms with van der Waals surface area (Å²) in [6.07, 6.45) is 5.41. The SMILES string of the molecule is CC1CCC(N[C@H](C)c2ccccc2Br)CC1. The van der Waals surface area contributed by atoms with Crippen LogP contribution in [0.3, 0.4) is 0 Å². The van der Waals surface area contributed by atoms with E-state index < -0.39 is 0 Å². The van der Waals surface area contributed by atoms with E-state index in [1.807, 2.05) is 0 Å². The average Bonchev–Trinajstić information content (AvgIpc) is 2.32. The minimum absolute atomic E-state index is 0.434. The van der Waals surface area contributed by atoms with E-state index in [0.717, 1.165) is 5.92 Å². The van der Waals surface area contributed by atoms with Crippen molar-refractivity contribution >= 4 is 15.9 Å². The predicted octanol–water partition coefficient (Wildman–Crippen LogP) is 4.68. The molecule has 0 aromatic heterocycles. The van der Waals surface area contributed by atoms with Gasteiger partial charge in [0.05, 0.1) is 0 Å². The van der Waals surface area contributed by atoms with Gasteiger partial charge in [-0.05, 0) is 50.2 Å². The van der Waals surface area contributed by atoms with E-state index in [0.29, 0.717) is 12.1 Å². The summed E-state index contributed by atoms with van der Waals surface area (Å²) in [6.45, 7) is 4.63. The van der Waals surface area contributed by atoms with Crippen LogP contribution in [0.2, 0.25) is 0 Å². The molecule has 1 nitrogen and oxygen atoms in total. The monoisotopic (exact) mass is 295 g/mol. The van der Waals surface area contributed by atoms with Crippen molar-refractivity contribution in [3.8, 4) is 0 Å². The lowest BCUT2D eigenvalue weighted by Gasteiger charge is -2.30. The molecule has 0 heterocycles. The van der Waals surface area contributed by atoms with Gasteiger partial charge in [0.2, 0.25) is 0 Å². The molecule has 1 aliphatic rings. The topological polar surface area (TPSA) is 12.0 Å². The number of hydrogen-bond donors (Lipinski definition) is 1. The Morgan fingerprint density at radius 2 is 1.82 bits per heavy atom. The van der Waals surface area contributed by atoms with E-state index in [1.165, 1.54) is 35.7 Å². The van der Waals surface area contributed by atoms with Crippen molar-refractivity contribution in [3.63, 3.8) is 0 Å². The van der Waals surface area contributed by atoms with Crippen LogP contribution in [0.1, 0.15) is 51.1 Å². The van der Waals surface area contributed by atoms with Gasteiger partial charge < -0.3 is 5.32 Å². The van der Waals surface area contributed by atoms with Gasteiger partial charge in [-0.3, -0.25) is 0 Å². The molecule has 1 aromatic rings. The molecule has 0 spiro atoms. The van der Waals surface area contributed by atoms with Crippen LogP contribution in [0.25, 0.3) is 0 Å². The minimum atomic E-state index is 0.434. The lowest BCUT2D eigenvalue weighted by atomic mass is 9.87. The van der Waals surface area contributed by atoms with Gasteiger partial charge in [0, 0.05) is 16.6 Å². The molecule has 0 unspecified atom stereocenters. The lowest BCUT2D eigenvalue weighted by Crippen LogP contribution is -2.34. The smallest absolute Gasteiger partial charge is 0.0305 e. The standard InChI is InChI=1S/C15H22BrN/c1-11-7-9-13(10-8-11)17-12(2)14-5-3-4-6-15(14)16/h3-6,11-13,17H,7-10H2,1-2H3/t11?,12-,13?/m1/s1. The second kappa shape index (κ2) is 6.01. The molecule has 0 saturated heterocycles. The second-order valence-electron chi connectivity index (χ2n) is 5.37. The van der Waals surface area contributed by atoms with Gasteiger partial charge >= 0.3 is 0 Å². The minimum Gasteiger partial charge on any atom is -0.307 e. The summed E-state index contributed by atoms with van der Waals surface area (Å²) in [7, 11) is 0. The lowest BCUT2D eigenvalue weighted by molar-refractivity contribution is 0.291. The molecule has 1 N–H and O–H groups in total. The molecule has 1 fully saturated rings. The highest BCUT2D eigenvalue weighted by Crippen LogP contribution is 2.27. The highest BCUT2D eigenvalue weighted by molar-refractivity contribution is 9.10. The molecule has 17 heavy (non-hydrogen) atoms. The summed E-state index contributed by atoms with van der Waals surface area (Å²) in [6, 6.07) is 9.64. The number of rotatable bonds is 3. The Morgan fingerprint density at radius 3 is 2.47 bits per heavy atom. The number of benzene rings is 1. The van der Waals surface area contributed by atoms with Crippen LogP contribution in [-0.2, 0) is 0 Å². The van der Waals surface area contributed by atoms with Crippen molar-refractivity contribution < 1.29 is 0 Å². The highest BCUT2D eigenvalue weighted by atomic mass is 79.9. The Kier molecular flexibility index (Phi) is 4.63. The van der Waals surface area contributed by atoms with Gasteiger partial charge in [-0.1, -0.05) is 41.1 Å². The van der Waals surface area contributed by atoms with Crippen molar-refractivity contribution in [2.24, 2.45) is 5.92 Å². The Labute approximate surface area is 113 Å². The molecule has 0 bridgehead atoms. The third-order valence-corrected chi connectivity index (χ3v) is 4.60. The van der Waals surface area contributed by atoms with Gasteiger partial charge in [0.15, 0.2) is 0 Å². The fourth-order valence-electron chi connectivity index (χ4n) is 2.70. The van der Waals surface area contributed by atoms with Crippen molar-refractivity contribution in [3.05, 3.63) is 34.3 Å². The Hall–Kier alpha value is -0.340. The van der Waals surface area contributed by atoms with Gasteiger partial charge in [0.25, 0.3) is 0 Å². The summed E-state index contributed by atoms with van der Waals surface area (Å²) in [4.78, 5) is 0. The Morgan fingerprint density at radius 1 is 1.18 bits per heavy atom. The van der Waals surface area contributed by atoms with Crippen molar-refractivity contribution in [1.82, 2.24) is 5.32 Å². The van der Waals surface area contributed by atoms with Crippen LogP contribution in [0.5, 0.6) is 0 Å². The van der Waals surface area contributed by atoms with Gasteiger partial charge in [-0.15, -0.1) is 0 Å². The first-order valence-corrected chi connectivity index (χ1v) is 7.46. The zero-order chi connectivity index (χ0) is 12.3. The fraction of sp³-hybridized carbons (Fsp3) is 0.600. The van der Waals surface area contributed by atoms with E-state index in [2.05, 4.69) is 59.4 Å². The Bertz CT molecular complexity index is 356. The van der Waals surface area contributed by atoms with Crippen molar-refractivity contribution in [2.45, 2.75) is 51.6 Å². The number of hydrogen-bond acceptors (Lipinski definition) is 1. The predicted molar refractivity (Wildman–Crippen MR) is 77.1 cm³/mol. The van der Waals surface area contributed by atoms with E-state index >= 15 is 0 Å². The van der Waals surface area contributed by atoms with Crippen molar-refractivity contribution in [2.75, 3.05) is 0 Å². The molecule has 1 aliphatic carbocycles. The van der Waals surface area contributed by atoms with Crippen LogP contribution in [-0.4, -0.2) is 6.04 Å². The van der Waals surface area contributed by atoms with Crippen LogP contribution in [0.4, 0.5) is 0 Å². The maximum Gasteiger partial charge on any atom is 0.0305 e. The Balaban J connectivity index is 1.93. The summed E-state index contributed by atoms with van der Waals surface area (Å²) in [5.41, 5.74) is 1.37. The first-order chi connectivity index (χ1) is 8.16. The number of nitrogens with one attached hydrogen (secondary N) is 1. The van der Waals surface area contributed by atoms with Crippen LogP contribution >= 0.6 is 15.9 Å². The van der Waals surface area contributed by atoms with Gasteiger partial charge in [0.1, 0.15) is 0 Å². The van der Waals surface area contributed by atoms with Crippen LogP contribution in [0.15, 0.2) is 28.7 Å². The molecular weight excluding hydrogens is 274 g/mol. The van der Waals surface area contributed by atoms with Crippen LogP contribution < -0.4 is 5.32 Å². The normalized spacial score (nSPS) is 26.8. The molecule has 0 radical (unpaired) electrons.